The van der Waals surface area contributed by atoms with Crippen molar-refractivity contribution in [2.75, 3.05) is 25.0 Å². The molecule has 0 saturated carbocycles. The second-order valence-electron chi connectivity index (χ2n) is 6.68. The molecule has 0 N–H and O–H groups in total. The second-order valence-corrected chi connectivity index (χ2v) is 7.74. The first-order chi connectivity index (χ1) is 12.6. The summed E-state index contributed by atoms with van der Waals surface area (Å²) in [5.74, 6) is 0.796. The van der Waals surface area contributed by atoms with Crippen LogP contribution >= 0.6 is 11.3 Å². The fourth-order valence-corrected chi connectivity index (χ4v) is 4.41. The number of hydrogen-bond acceptors (Lipinski definition) is 5. The summed E-state index contributed by atoms with van der Waals surface area (Å²) in [4.78, 5) is 26.4. The number of rotatable bonds is 4. The largest absolute Gasteiger partial charge is 0.356 e. The molecule has 3 heterocycles. The number of anilines is 1. The maximum Gasteiger partial charge on any atom is 0.257 e. The zero-order valence-electron chi connectivity index (χ0n) is 15.1. The van der Waals surface area contributed by atoms with E-state index in [-0.39, 0.29) is 11.9 Å². The molecule has 1 aromatic carbocycles. The fraction of sp³-hybridized carbons (Fsp3) is 0.350. The number of carbonyl (C=O) groups is 1. The van der Waals surface area contributed by atoms with Crippen LogP contribution < -0.4 is 4.90 Å². The van der Waals surface area contributed by atoms with Crippen LogP contribution in [0.4, 0.5) is 5.82 Å². The van der Waals surface area contributed by atoms with E-state index in [1.807, 2.05) is 44.3 Å². The standard InChI is InChI=1S/C20H22N4OS/c1-14(19-22-16-9-3-4-10-17(16)26-19)23(2)20(25)15-8-7-11-21-18(15)24-12-5-6-13-24/h3-4,7-11,14H,5-6,12-13H2,1-2H3/t14-/m1/s1. The monoisotopic (exact) mass is 366 g/mol. The van der Waals surface area contributed by atoms with Gasteiger partial charge in [-0.2, -0.15) is 0 Å². The Morgan fingerprint density at radius 3 is 2.73 bits per heavy atom. The van der Waals surface area contributed by atoms with Crippen LogP contribution in [0.25, 0.3) is 10.2 Å². The molecule has 5 nitrogen and oxygen atoms in total. The molecular weight excluding hydrogens is 344 g/mol. The first kappa shape index (κ1) is 17.0. The van der Waals surface area contributed by atoms with E-state index in [4.69, 9.17) is 4.98 Å². The molecule has 0 radical (unpaired) electrons. The van der Waals surface area contributed by atoms with E-state index >= 15 is 0 Å². The Morgan fingerprint density at radius 1 is 1.19 bits per heavy atom. The molecule has 1 aliphatic rings. The number of fused-ring (bicyclic) bond motifs is 1. The zero-order valence-corrected chi connectivity index (χ0v) is 15.9. The van der Waals surface area contributed by atoms with Gasteiger partial charge in [-0.15, -0.1) is 11.3 Å². The van der Waals surface area contributed by atoms with Crippen molar-refractivity contribution in [2.24, 2.45) is 0 Å². The molecule has 1 fully saturated rings. The number of para-hydroxylation sites is 1. The molecule has 6 heteroatoms. The van der Waals surface area contributed by atoms with Crippen LogP contribution in [0.15, 0.2) is 42.6 Å². The average molecular weight is 366 g/mol. The van der Waals surface area contributed by atoms with E-state index < -0.39 is 0 Å². The Labute approximate surface area is 157 Å². The number of hydrogen-bond donors (Lipinski definition) is 0. The summed E-state index contributed by atoms with van der Waals surface area (Å²) in [6.07, 6.45) is 4.08. The number of thiazole rings is 1. The molecule has 26 heavy (non-hydrogen) atoms. The van der Waals surface area contributed by atoms with Crippen molar-refractivity contribution in [3.8, 4) is 0 Å². The quantitative estimate of drug-likeness (QED) is 0.697. The highest BCUT2D eigenvalue weighted by atomic mass is 32.1. The van der Waals surface area contributed by atoms with Gasteiger partial charge in [0.15, 0.2) is 0 Å². The van der Waals surface area contributed by atoms with Gasteiger partial charge in [0, 0.05) is 26.3 Å². The molecular formula is C20H22N4OS. The minimum atomic E-state index is -0.0912. The van der Waals surface area contributed by atoms with E-state index in [0.717, 1.165) is 47.0 Å². The minimum Gasteiger partial charge on any atom is -0.356 e. The average Bonchev–Trinajstić information content (AvgIpc) is 3.35. The maximum absolute atomic E-state index is 13.2. The van der Waals surface area contributed by atoms with E-state index in [1.165, 1.54) is 0 Å². The molecule has 1 atom stereocenters. The van der Waals surface area contributed by atoms with Crippen molar-refractivity contribution in [3.63, 3.8) is 0 Å². The third-order valence-electron chi connectivity index (χ3n) is 4.99. The number of nitrogens with zero attached hydrogens (tertiary/aromatic N) is 4. The third kappa shape index (κ3) is 3.05. The molecule has 0 unspecified atom stereocenters. The van der Waals surface area contributed by atoms with Gasteiger partial charge in [0.05, 0.1) is 21.8 Å². The van der Waals surface area contributed by atoms with E-state index in [9.17, 15) is 4.79 Å². The molecule has 1 saturated heterocycles. The predicted octanol–water partition coefficient (Wildman–Crippen LogP) is 4.12. The molecule has 4 rings (SSSR count). The number of pyridine rings is 1. The van der Waals surface area contributed by atoms with Crippen molar-refractivity contribution in [2.45, 2.75) is 25.8 Å². The SMILES string of the molecule is C[C@H](c1nc2ccccc2s1)N(C)C(=O)c1cccnc1N1CCCC1. The van der Waals surface area contributed by atoms with Crippen LogP contribution in [0, 0.1) is 0 Å². The number of aromatic nitrogens is 2. The van der Waals surface area contributed by atoms with Gasteiger partial charge in [-0.05, 0) is 44.0 Å². The third-order valence-corrected chi connectivity index (χ3v) is 6.20. The van der Waals surface area contributed by atoms with Gasteiger partial charge in [0.1, 0.15) is 10.8 Å². The molecule has 2 aromatic heterocycles. The molecule has 1 amide bonds. The van der Waals surface area contributed by atoms with Gasteiger partial charge in [-0.1, -0.05) is 12.1 Å². The summed E-state index contributed by atoms with van der Waals surface area (Å²) in [6.45, 7) is 3.96. The van der Waals surface area contributed by atoms with Crippen LogP contribution in [0.1, 0.15) is 41.2 Å². The van der Waals surface area contributed by atoms with Crippen LogP contribution in [0.2, 0.25) is 0 Å². The summed E-state index contributed by atoms with van der Waals surface area (Å²) >= 11 is 1.64. The van der Waals surface area contributed by atoms with Crippen LogP contribution in [0.5, 0.6) is 0 Å². The maximum atomic E-state index is 13.2. The number of carbonyl (C=O) groups excluding carboxylic acids is 1. The normalized spacial score (nSPS) is 15.4. The smallest absolute Gasteiger partial charge is 0.257 e. The molecule has 0 bridgehead atoms. The Hall–Kier alpha value is -2.47. The molecule has 0 spiro atoms. The van der Waals surface area contributed by atoms with Gasteiger partial charge in [0.25, 0.3) is 5.91 Å². The Bertz CT molecular complexity index is 899. The van der Waals surface area contributed by atoms with E-state index in [0.29, 0.717) is 5.56 Å². The van der Waals surface area contributed by atoms with Gasteiger partial charge >= 0.3 is 0 Å². The first-order valence-electron chi connectivity index (χ1n) is 8.98. The summed E-state index contributed by atoms with van der Waals surface area (Å²) in [5, 5.41) is 0.952. The number of benzene rings is 1. The first-order valence-corrected chi connectivity index (χ1v) is 9.79. The summed E-state index contributed by atoms with van der Waals surface area (Å²) in [5.41, 5.74) is 1.66. The highest BCUT2D eigenvalue weighted by molar-refractivity contribution is 7.18. The lowest BCUT2D eigenvalue weighted by atomic mass is 10.2. The van der Waals surface area contributed by atoms with Crippen LogP contribution in [-0.2, 0) is 0 Å². The highest BCUT2D eigenvalue weighted by Gasteiger charge is 2.26. The van der Waals surface area contributed by atoms with Gasteiger partial charge in [-0.25, -0.2) is 9.97 Å². The van der Waals surface area contributed by atoms with Crippen molar-refractivity contribution in [3.05, 3.63) is 53.2 Å². The fourth-order valence-electron chi connectivity index (χ4n) is 3.35. The van der Waals surface area contributed by atoms with E-state index in [2.05, 4.69) is 16.0 Å². The topological polar surface area (TPSA) is 49.3 Å². The van der Waals surface area contributed by atoms with Crippen molar-refractivity contribution < 1.29 is 4.79 Å². The second kappa shape index (κ2) is 7.03. The van der Waals surface area contributed by atoms with Crippen molar-refractivity contribution >= 4 is 33.3 Å². The van der Waals surface area contributed by atoms with Crippen molar-refractivity contribution in [1.82, 2.24) is 14.9 Å². The summed E-state index contributed by atoms with van der Waals surface area (Å²) in [7, 11) is 1.85. The Balaban J connectivity index is 1.61. The Kier molecular flexibility index (Phi) is 4.59. The predicted molar refractivity (Wildman–Crippen MR) is 106 cm³/mol. The van der Waals surface area contributed by atoms with E-state index in [1.54, 1.807) is 22.4 Å². The number of amides is 1. The van der Waals surface area contributed by atoms with Crippen molar-refractivity contribution in [1.29, 1.82) is 0 Å². The minimum absolute atomic E-state index is 0.00763. The van der Waals surface area contributed by atoms with Crippen LogP contribution in [-0.4, -0.2) is 40.9 Å². The Morgan fingerprint density at radius 2 is 1.96 bits per heavy atom. The molecule has 134 valence electrons. The molecule has 3 aromatic rings. The van der Waals surface area contributed by atoms with Gasteiger partial charge < -0.3 is 9.80 Å². The summed E-state index contributed by atoms with van der Waals surface area (Å²) < 4.78 is 1.15. The lowest BCUT2D eigenvalue weighted by Crippen LogP contribution is -2.32. The summed E-state index contributed by atoms with van der Waals surface area (Å²) in [6, 6.07) is 11.7. The van der Waals surface area contributed by atoms with Crippen LogP contribution in [0.3, 0.4) is 0 Å². The highest BCUT2D eigenvalue weighted by Crippen LogP contribution is 2.31. The molecule has 0 aliphatic carbocycles. The van der Waals surface area contributed by atoms with Gasteiger partial charge in [0.2, 0.25) is 0 Å². The zero-order chi connectivity index (χ0) is 18.1. The lowest BCUT2D eigenvalue weighted by molar-refractivity contribution is 0.0743. The van der Waals surface area contributed by atoms with Gasteiger partial charge in [-0.3, -0.25) is 4.79 Å². The lowest BCUT2D eigenvalue weighted by Gasteiger charge is -2.26. The molecule has 1 aliphatic heterocycles.